The first kappa shape index (κ1) is 13.3. The zero-order valence-electron chi connectivity index (χ0n) is 11.4. The van der Waals surface area contributed by atoms with E-state index in [2.05, 4.69) is 18.8 Å². The minimum absolute atomic E-state index is 0.322. The van der Waals surface area contributed by atoms with Crippen LogP contribution in [0.3, 0.4) is 0 Å². The second kappa shape index (κ2) is 5.22. The van der Waals surface area contributed by atoms with Crippen molar-refractivity contribution in [3.8, 4) is 0 Å². The average molecular weight is 255 g/mol. The van der Waals surface area contributed by atoms with Gasteiger partial charge in [-0.1, -0.05) is 12.1 Å². The summed E-state index contributed by atoms with van der Waals surface area (Å²) in [6.07, 6.45) is 2.70. The summed E-state index contributed by atoms with van der Waals surface area (Å²) >= 11 is 0. The molecule has 0 saturated heterocycles. The quantitative estimate of drug-likeness (QED) is 0.915. The van der Waals surface area contributed by atoms with Gasteiger partial charge in [0.1, 0.15) is 0 Å². The molecule has 3 heteroatoms. The summed E-state index contributed by atoms with van der Waals surface area (Å²) in [6, 6.07) is 7.04. The number of carbonyl (C=O) groups is 1. The predicted octanol–water partition coefficient (Wildman–Crippen LogP) is 3.30. The van der Waals surface area contributed by atoms with Crippen molar-refractivity contribution in [3.05, 3.63) is 64.0 Å². The van der Waals surface area contributed by atoms with Crippen LogP contribution >= 0.6 is 0 Å². The van der Waals surface area contributed by atoms with E-state index in [1.54, 1.807) is 12.1 Å². The number of aromatic carboxylic acids is 1. The molecule has 0 saturated carbocycles. The maximum atomic E-state index is 10.8. The van der Waals surface area contributed by atoms with Crippen LogP contribution in [-0.4, -0.2) is 16.1 Å². The molecule has 0 fully saturated rings. The fraction of sp³-hybridized carbons (Fsp3) is 0.250. The first-order valence-corrected chi connectivity index (χ1v) is 6.23. The summed E-state index contributed by atoms with van der Waals surface area (Å²) in [5.41, 5.74) is 6.14. The van der Waals surface area contributed by atoms with Gasteiger partial charge in [0.05, 0.1) is 5.56 Å². The van der Waals surface area contributed by atoms with Crippen LogP contribution in [0, 0.1) is 20.8 Å². The standard InChI is InChI=1S/C16H17NO2/c1-10-9-17-12(3)11(2)15(10)8-13-4-6-14(7-5-13)16(18)19/h4-7,9H,8H2,1-3H3,(H,18,19). The smallest absolute Gasteiger partial charge is 0.335 e. The number of carboxylic acids is 1. The Morgan fingerprint density at radius 1 is 1.16 bits per heavy atom. The molecule has 0 amide bonds. The Kier molecular flexibility index (Phi) is 3.65. The van der Waals surface area contributed by atoms with Crippen molar-refractivity contribution >= 4 is 5.97 Å². The van der Waals surface area contributed by atoms with Crippen molar-refractivity contribution in [2.45, 2.75) is 27.2 Å². The molecule has 0 bridgehead atoms. The minimum atomic E-state index is -0.890. The largest absolute Gasteiger partial charge is 0.478 e. The zero-order chi connectivity index (χ0) is 14.0. The van der Waals surface area contributed by atoms with E-state index < -0.39 is 5.97 Å². The Hall–Kier alpha value is -2.16. The first-order chi connectivity index (χ1) is 8.99. The van der Waals surface area contributed by atoms with Crippen LogP contribution < -0.4 is 0 Å². The van der Waals surface area contributed by atoms with Gasteiger partial charge in [0.15, 0.2) is 0 Å². The molecule has 0 radical (unpaired) electrons. The lowest BCUT2D eigenvalue weighted by molar-refractivity contribution is 0.0697. The molecule has 0 spiro atoms. The highest BCUT2D eigenvalue weighted by Gasteiger charge is 2.08. The van der Waals surface area contributed by atoms with Crippen LogP contribution in [0.25, 0.3) is 0 Å². The summed E-state index contributed by atoms with van der Waals surface area (Å²) in [5.74, 6) is -0.890. The molecule has 3 nitrogen and oxygen atoms in total. The van der Waals surface area contributed by atoms with Crippen molar-refractivity contribution in [1.82, 2.24) is 4.98 Å². The van der Waals surface area contributed by atoms with Gasteiger partial charge in [-0.25, -0.2) is 4.79 Å². The number of hydrogen-bond acceptors (Lipinski definition) is 2. The summed E-state index contributed by atoms with van der Waals surface area (Å²) in [5, 5.41) is 8.88. The predicted molar refractivity (Wildman–Crippen MR) is 74.7 cm³/mol. The molecule has 0 aliphatic carbocycles. The molecule has 2 aromatic rings. The van der Waals surface area contributed by atoms with E-state index in [-0.39, 0.29) is 0 Å². The molecular formula is C16H17NO2. The van der Waals surface area contributed by atoms with Gasteiger partial charge >= 0.3 is 5.97 Å². The third-order valence-corrected chi connectivity index (χ3v) is 3.51. The molecular weight excluding hydrogens is 238 g/mol. The number of hydrogen-bond donors (Lipinski definition) is 1. The molecule has 1 N–H and O–H groups in total. The van der Waals surface area contributed by atoms with Crippen LogP contribution in [-0.2, 0) is 6.42 Å². The van der Waals surface area contributed by atoms with E-state index in [4.69, 9.17) is 5.11 Å². The van der Waals surface area contributed by atoms with Crippen LogP contribution in [0.5, 0.6) is 0 Å². The first-order valence-electron chi connectivity index (χ1n) is 6.23. The number of nitrogens with zero attached hydrogens (tertiary/aromatic N) is 1. The molecule has 2 rings (SSSR count). The lowest BCUT2D eigenvalue weighted by Crippen LogP contribution is -2.01. The van der Waals surface area contributed by atoms with E-state index in [1.165, 1.54) is 16.7 Å². The van der Waals surface area contributed by atoms with Gasteiger partial charge in [0.2, 0.25) is 0 Å². The molecule has 0 aliphatic heterocycles. The number of aryl methyl sites for hydroxylation is 2. The van der Waals surface area contributed by atoms with Gasteiger partial charge in [-0.15, -0.1) is 0 Å². The number of aromatic nitrogens is 1. The Morgan fingerprint density at radius 3 is 2.37 bits per heavy atom. The van der Waals surface area contributed by atoms with E-state index in [9.17, 15) is 4.79 Å². The van der Waals surface area contributed by atoms with Crippen LogP contribution in [0.15, 0.2) is 30.5 Å². The number of rotatable bonds is 3. The van der Waals surface area contributed by atoms with Crippen molar-refractivity contribution in [3.63, 3.8) is 0 Å². The summed E-state index contributed by atoms with van der Waals surface area (Å²) in [6.45, 7) is 6.14. The summed E-state index contributed by atoms with van der Waals surface area (Å²) in [7, 11) is 0. The van der Waals surface area contributed by atoms with Crippen LogP contribution in [0.4, 0.5) is 0 Å². The van der Waals surface area contributed by atoms with Gasteiger partial charge in [0.25, 0.3) is 0 Å². The van der Waals surface area contributed by atoms with Crippen molar-refractivity contribution < 1.29 is 9.90 Å². The summed E-state index contributed by atoms with van der Waals surface area (Å²) < 4.78 is 0. The second-order valence-electron chi connectivity index (χ2n) is 4.81. The van der Waals surface area contributed by atoms with Gasteiger partial charge < -0.3 is 5.11 Å². The van der Waals surface area contributed by atoms with Crippen molar-refractivity contribution in [1.29, 1.82) is 0 Å². The maximum absolute atomic E-state index is 10.8. The molecule has 1 heterocycles. The highest BCUT2D eigenvalue weighted by molar-refractivity contribution is 5.87. The Labute approximate surface area is 112 Å². The van der Waals surface area contributed by atoms with Gasteiger partial charge in [-0.3, -0.25) is 4.98 Å². The van der Waals surface area contributed by atoms with Gasteiger partial charge in [-0.2, -0.15) is 0 Å². The number of pyridine rings is 1. The minimum Gasteiger partial charge on any atom is -0.478 e. The van der Waals surface area contributed by atoms with Crippen LogP contribution in [0.2, 0.25) is 0 Å². The molecule has 0 unspecified atom stereocenters. The lowest BCUT2D eigenvalue weighted by atomic mass is 9.96. The fourth-order valence-electron chi connectivity index (χ4n) is 2.12. The van der Waals surface area contributed by atoms with E-state index in [0.29, 0.717) is 5.56 Å². The molecule has 1 aromatic heterocycles. The molecule has 0 atom stereocenters. The maximum Gasteiger partial charge on any atom is 0.335 e. The monoisotopic (exact) mass is 255 g/mol. The highest BCUT2D eigenvalue weighted by atomic mass is 16.4. The van der Waals surface area contributed by atoms with E-state index >= 15 is 0 Å². The van der Waals surface area contributed by atoms with Crippen LogP contribution in [0.1, 0.15) is 38.3 Å². The van der Waals surface area contributed by atoms with Crippen molar-refractivity contribution in [2.24, 2.45) is 0 Å². The molecule has 98 valence electrons. The second-order valence-corrected chi connectivity index (χ2v) is 4.81. The highest BCUT2D eigenvalue weighted by Crippen LogP contribution is 2.19. The Bertz CT molecular complexity index is 615. The summed E-state index contributed by atoms with van der Waals surface area (Å²) in [4.78, 5) is 15.2. The van der Waals surface area contributed by atoms with Gasteiger partial charge in [0, 0.05) is 11.9 Å². The molecule has 19 heavy (non-hydrogen) atoms. The Morgan fingerprint density at radius 2 is 1.79 bits per heavy atom. The van der Waals surface area contributed by atoms with E-state index in [0.717, 1.165) is 17.7 Å². The fourth-order valence-corrected chi connectivity index (χ4v) is 2.12. The normalized spacial score (nSPS) is 10.5. The third kappa shape index (κ3) is 2.81. The molecule has 0 aliphatic rings. The SMILES string of the molecule is Cc1cnc(C)c(C)c1Cc1ccc(C(=O)O)cc1. The third-order valence-electron chi connectivity index (χ3n) is 3.51. The number of carboxylic acid groups (broad SMARTS) is 1. The van der Waals surface area contributed by atoms with Crippen molar-refractivity contribution in [2.75, 3.05) is 0 Å². The molecule has 1 aromatic carbocycles. The lowest BCUT2D eigenvalue weighted by Gasteiger charge is -2.11. The Balaban J connectivity index is 2.31. The van der Waals surface area contributed by atoms with E-state index in [1.807, 2.05) is 25.3 Å². The topological polar surface area (TPSA) is 50.2 Å². The zero-order valence-corrected chi connectivity index (χ0v) is 11.4. The van der Waals surface area contributed by atoms with Gasteiger partial charge in [-0.05, 0) is 61.6 Å². The number of benzene rings is 1. The average Bonchev–Trinajstić information content (AvgIpc) is 2.40.